The van der Waals surface area contributed by atoms with Crippen molar-refractivity contribution in [2.75, 3.05) is 25.6 Å². The van der Waals surface area contributed by atoms with Crippen molar-refractivity contribution in [3.63, 3.8) is 0 Å². The van der Waals surface area contributed by atoms with Crippen LogP contribution in [-0.2, 0) is 11.3 Å². The predicted molar refractivity (Wildman–Crippen MR) is 107 cm³/mol. The fourth-order valence-electron chi connectivity index (χ4n) is 2.49. The number of rotatable bonds is 8. The van der Waals surface area contributed by atoms with E-state index in [0.29, 0.717) is 36.9 Å². The predicted octanol–water partition coefficient (Wildman–Crippen LogP) is 3.97. The summed E-state index contributed by atoms with van der Waals surface area (Å²) in [7, 11) is 1.62. The molecule has 0 fully saturated rings. The molecule has 1 amide bonds. The molecule has 0 atom stereocenters. The molecule has 0 saturated heterocycles. The number of methoxy groups -OCH3 is 1. The summed E-state index contributed by atoms with van der Waals surface area (Å²) >= 11 is 3.43. The van der Waals surface area contributed by atoms with Crippen LogP contribution in [-0.4, -0.2) is 36.0 Å². The maximum Gasteiger partial charge on any atom is 0.256 e. The number of hydrogen-bond acceptors (Lipinski definition) is 4. The van der Waals surface area contributed by atoms with Gasteiger partial charge in [0.25, 0.3) is 5.91 Å². The van der Waals surface area contributed by atoms with E-state index in [1.165, 1.54) is 0 Å². The minimum absolute atomic E-state index is 0.218. The summed E-state index contributed by atoms with van der Waals surface area (Å²) in [4.78, 5) is 12.6. The molecule has 0 aliphatic heterocycles. The van der Waals surface area contributed by atoms with Crippen LogP contribution in [0.5, 0.6) is 5.75 Å². The van der Waals surface area contributed by atoms with Gasteiger partial charge in [0.15, 0.2) is 0 Å². The van der Waals surface area contributed by atoms with Gasteiger partial charge in [-0.15, -0.1) is 0 Å². The molecule has 0 saturated carbocycles. The van der Waals surface area contributed by atoms with Crippen molar-refractivity contribution < 1.29 is 14.3 Å². The SMILES string of the molecule is COCCOc1cccc(C(=O)Nc2ccnn2Cc2ccc(Br)cc2)c1. The number of hydrogen-bond donors (Lipinski definition) is 1. The van der Waals surface area contributed by atoms with E-state index in [-0.39, 0.29) is 5.91 Å². The van der Waals surface area contributed by atoms with Gasteiger partial charge >= 0.3 is 0 Å². The number of halogens is 1. The van der Waals surface area contributed by atoms with Crippen molar-refractivity contribution in [2.24, 2.45) is 0 Å². The smallest absolute Gasteiger partial charge is 0.256 e. The second kappa shape index (κ2) is 9.34. The number of carbonyl (C=O) groups excluding carboxylic acids is 1. The molecular weight excluding hydrogens is 410 g/mol. The van der Waals surface area contributed by atoms with E-state index in [0.717, 1.165) is 10.0 Å². The monoisotopic (exact) mass is 429 g/mol. The van der Waals surface area contributed by atoms with E-state index in [2.05, 4.69) is 26.3 Å². The van der Waals surface area contributed by atoms with Gasteiger partial charge < -0.3 is 14.8 Å². The zero-order chi connectivity index (χ0) is 19.1. The third-order valence-electron chi connectivity index (χ3n) is 3.86. The van der Waals surface area contributed by atoms with Crippen LogP contribution in [0, 0.1) is 0 Å². The second-order valence-corrected chi connectivity index (χ2v) is 6.74. The summed E-state index contributed by atoms with van der Waals surface area (Å²) in [5.74, 6) is 1.04. The Bertz CT molecular complexity index is 893. The van der Waals surface area contributed by atoms with Crippen LogP contribution < -0.4 is 10.1 Å². The number of anilines is 1. The number of benzene rings is 2. The Morgan fingerprint density at radius 2 is 1.96 bits per heavy atom. The topological polar surface area (TPSA) is 65.4 Å². The molecule has 140 valence electrons. The lowest BCUT2D eigenvalue weighted by molar-refractivity contribution is 0.102. The van der Waals surface area contributed by atoms with Crippen molar-refractivity contribution in [1.29, 1.82) is 0 Å². The van der Waals surface area contributed by atoms with Gasteiger partial charge in [-0.1, -0.05) is 34.1 Å². The molecule has 0 aliphatic carbocycles. The Morgan fingerprint density at radius 1 is 1.15 bits per heavy atom. The molecule has 2 aromatic carbocycles. The van der Waals surface area contributed by atoms with Crippen LogP contribution in [0.1, 0.15) is 15.9 Å². The van der Waals surface area contributed by atoms with Crippen LogP contribution in [0.3, 0.4) is 0 Å². The third kappa shape index (κ3) is 5.42. The summed E-state index contributed by atoms with van der Waals surface area (Å²) in [5.41, 5.74) is 1.60. The van der Waals surface area contributed by atoms with Gasteiger partial charge in [0.1, 0.15) is 18.2 Å². The summed E-state index contributed by atoms with van der Waals surface area (Å²) < 4.78 is 13.3. The molecule has 1 heterocycles. The number of nitrogens with one attached hydrogen (secondary N) is 1. The quantitative estimate of drug-likeness (QED) is 0.550. The first-order valence-corrected chi connectivity index (χ1v) is 9.24. The molecular formula is C20H20BrN3O3. The summed E-state index contributed by atoms with van der Waals surface area (Å²) in [6.45, 7) is 1.49. The van der Waals surface area contributed by atoms with Crippen molar-refractivity contribution >= 4 is 27.7 Å². The van der Waals surface area contributed by atoms with Gasteiger partial charge in [-0.3, -0.25) is 4.79 Å². The molecule has 27 heavy (non-hydrogen) atoms. The zero-order valence-corrected chi connectivity index (χ0v) is 16.5. The van der Waals surface area contributed by atoms with Crippen LogP contribution in [0.15, 0.2) is 65.3 Å². The first kappa shape index (κ1) is 19.1. The van der Waals surface area contributed by atoms with Gasteiger partial charge in [0.05, 0.1) is 19.3 Å². The van der Waals surface area contributed by atoms with E-state index in [4.69, 9.17) is 9.47 Å². The van der Waals surface area contributed by atoms with E-state index in [1.54, 1.807) is 42.3 Å². The fourth-order valence-corrected chi connectivity index (χ4v) is 2.75. The van der Waals surface area contributed by atoms with E-state index in [1.807, 2.05) is 30.3 Å². The molecule has 3 rings (SSSR count). The fraction of sp³-hybridized carbons (Fsp3) is 0.200. The number of amides is 1. The first-order chi connectivity index (χ1) is 13.2. The van der Waals surface area contributed by atoms with E-state index >= 15 is 0 Å². The van der Waals surface area contributed by atoms with Gasteiger partial charge in [0, 0.05) is 23.2 Å². The van der Waals surface area contributed by atoms with Gasteiger partial charge in [-0.05, 0) is 35.9 Å². The highest BCUT2D eigenvalue weighted by atomic mass is 79.9. The molecule has 0 bridgehead atoms. The molecule has 7 heteroatoms. The molecule has 1 N–H and O–H groups in total. The van der Waals surface area contributed by atoms with E-state index in [9.17, 15) is 4.79 Å². The molecule has 3 aromatic rings. The standard InChI is InChI=1S/C20H20BrN3O3/c1-26-11-12-27-18-4-2-3-16(13-18)20(25)23-19-9-10-22-24(19)14-15-5-7-17(21)8-6-15/h2-10,13H,11-12,14H2,1H3,(H,23,25). The molecule has 1 aromatic heterocycles. The Labute approximate surface area is 166 Å². The Balaban J connectivity index is 1.67. The molecule has 0 unspecified atom stereocenters. The van der Waals surface area contributed by atoms with Gasteiger partial charge in [-0.2, -0.15) is 5.10 Å². The highest BCUT2D eigenvalue weighted by Gasteiger charge is 2.11. The average Bonchev–Trinajstić information content (AvgIpc) is 3.11. The lowest BCUT2D eigenvalue weighted by atomic mass is 10.2. The van der Waals surface area contributed by atoms with Gasteiger partial charge in [0.2, 0.25) is 0 Å². The summed E-state index contributed by atoms with van der Waals surface area (Å²) in [6, 6.07) is 16.8. The van der Waals surface area contributed by atoms with Crippen molar-refractivity contribution in [2.45, 2.75) is 6.54 Å². The van der Waals surface area contributed by atoms with Crippen molar-refractivity contribution in [1.82, 2.24) is 9.78 Å². The first-order valence-electron chi connectivity index (χ1n) is 8.45. The van der Waals surface area contributed by atoms with Crippen LogP contribution in [0.25, 0.3) is 0 Å². The number of aromatic nitrogens is 2. The van der Waals surface area contributed by atoms with Crippen molar-refractivity contribution in [3.05, 3.63) is 76.4 Å². The lowest BCUT2D eigenvalue weighted by Gasteiger charge is -2.10. The minimum Gasteiger partial charge on any atom is -0.491 e. The van der Waals surface area contributed by atoms with Crippen LogP contribution in [0.4, 0.5) is 5.82 Å². The number of carbonyl (C=O) groups is 1. The van der Waals surface area contributed by atoms with Crippen molar-refractivity contribution in [3.8, 4) is 5.75 Å². The summed E-state index contributed by atoms with van der Waals surface area (Å²) in [5, 5.41) is 7.20. The average molecular weight is 430 g/mol. The Kier molecular flexibility index (Phi) is 6.62. The number of nitrogens with zero attached hydrogens (tertiary/aromatic N) is 2. The maximum atomic E-state index is 12.6. The minimum atomic E-state index is -0.218. The second-order valence-electron chi connectivity index (χ2n) is 5.82. The van der Waals surface area contributed by atoms with Crippen LogP contribution in [0.2, 0.25) is 0 Å². The molecule has 0 radical (unpaired) electrons. The highest BCUT2D eigenvalue weighted by Crippen LogP contribution is 2.17. The highest BCUT2D eigenvalue weighted by molar-refractivity contribution is 9.10. The lowest BCUT2D eigenvalue weighted by Crippen LogP contribution is -2.16. The normalized spacial score (nSPS) is 10.6. The third-order valence-corrected chi connectivity index (χ3v) is 4.38. The van der Waals surface area contributed by atoms with E-state index < -0.39 is 0 Å². The Hall–Kier alpha value is -2.64. The molecule has 0 aliphatic rings. The van der Waals surface area contributed by atoms with Crippen LogP contribution >= 0.6 is 15.9 Å². The maximum absolute atomic E-state index is 12.6. The summed E-state index contributed by atoms with van der Waals surface area (Å²) in [6.07, 6.45) is 1.67. The Morgan fingerprint density at radius 3 is 2.74 bits per heavy atom. The zero-order valence-electron chi connectivity index (χ0n) is 14.9. The number of ether oxygens (including phenoxy) is 2. The largest absolute Gasteiger partial charge is 0.491 e. The molecule has 6 nitrogen and oxygen atoms in total. The molecule has 0 spiro atoms. The van der Waals surface area contributed by atoms with Gasteiger partial charge in [-0.25, -0.2) is 4.68 Å².